The number of nitrogens with one attached hydrogen (secondary N) is 1. The van der Waals surface area contributed by atoms with E-state index in [0.29, 0.717) is 65.3 Å². The van der Waals surface area contributed by atoms with E-state index < -0.39 is 42.6 Å². The zero-order valence-electron chi connectivity index (χ0n) is 30.2. The van der Waals surface area contributed by atoms with Crippen LogP contribution in [0.1, 0.15) is 23.5 Å². The number of pyridine rings is 1. The molecule has 2 amide bonds. The smallest absolute Gasteiger partial charge is 0.405 e. The van der Waals surface area contributed by atoms with Crippen molar-refractivity contribution in [3.63, 3.8) is 0 Å². The van der Waals surface area contributed by atoms with E-state index in [1.54, 1.807) is 41.4 Å². The third-order valence-electron chi connectivity index (χ3n) is 9.95. The van der Waals surface area contributed by atoms with E-state index in [1.165, 1.54) is 0 Å². The lowest BCUT2D eigenvalue weighted by Gasteiger charge is -2.41. The Kier molecular flexibility index (Phi) is 11.9. The molecule has 4 atom stereocenters. The van der Waals surface area contributed by atoms with Crippen LogP contribution >= 0.6 is 11.6 Å². The van der Waals surface area contributed by atoms with Crippen molar-refractivity contribution in [3.05, 3.63) is 101 Å². The zero-order chi connectivity index (χ0) is 39.4. The fourth-order valence-corrected chi connectivity index (χ4v) is 7.31. The standard InChI is InChI=1S/C40H41ClF3N5O7/c41-27-7-5-24(6-8-27)35-10-9-29(54-35)20-48-13-14-49(33(21-48)38(52)47-23-40(42,43)44)19-28(50)15-26(37(45)51)17-30-18-32-36(55-30)11-12-46-39(32)56-31-16-25-3-1-2-4-34(25)53-22-31/h1-12,18,26,28,31,33,50H,13-17,19-23H2,(H2,45,51)(H,47,52)/t26-,28-,31-,33-/m0/s1. The van der Waals surface area contributed by atoms with E-state index in [9.17, 15) is 27.9 Å². The summed E-state index contributed by atoms with van der Waals surface area (Å²) in [5.41, 5.74) is 8.14. The monoisotopic (exact) mass is 795 g/mol. The van der Waals surface area contributed by atoms with Crippen LogP contribution in [0, 0.1) is 5.92 Å². The number of fused-ring (bicyclic) bond motifs is 2. The van der Waals surface area contributed by atoms with Crippen molar-refractivity contribution in [1.82, 2.24) is 20.1 Å². The minimum atomic E-state index is -4.61. The lowest BCUT2D eigenvalue weighted by molar-refractivity contribution is -0.143. The number of benzene rings is 2. The van der Waals surface area contributed by atoms with E-state index in [-0.39, 0.29) is 38.6 Å². The molecule has 3 aromatic heterocycles. The fraction of sp³-hybridized carbons (Fsp3) is 0.375. The summed E-state index contributed by atoms with van der Waals surface area (Å²) in [5, 5.41) is 14.4. The largest absolute Gasteiger partial charge is 0.489 e. The SMILES string of the molecule is NC(=O)[C@H](Cc1cc2c(O[C@@H]3COc4ccccc4C3)nccc2o1)C[C@H](O)CN1CCN(Cc2ccc(-c3ccc(Cl)cc3)o2)C[C@H]1C(=O)NCC(F)(F)F. The molecule has 0 spiro atoms. The number of amides is 2. The summed E-state index contributed by atoms with van der Waals surface area (Å²) >= 11 is 6.00. The van der Waals surface area contributed by atoms with Crippen LogP contribution in [0.15, 0.2) is 87.8 Å². The van der Waals surface area contributed by atoms with Crippen molar-refractivity contribution in [2.24, 2.45) is 11.7 Å². The number of hydrogen-bond donors (Lipinski definition) is 3. The molecule has 4 N–H and O–H groups in total. The van der Waals surface area contributed by atoms with Gasteiger partial charge in [0.05, 0.1) is 18.0 Å². The van der Waals surface area contributed by atoms with Crippen molar-refractivity contribution < 1.29 is 46.2 Å². The number of β-amino-alcohol motifs (C(OH)–C–C–N with tert-alkyl or cyclic N) is 1. The molecule has 0 aliphatic carbocycles. The Morgan fingerprint density at radius 3 is 2.64 bits per heavy atom. The molecule has 296 valence electrons. The van der Waals surface area contributed by atoms with Crippen LogP contribution in [0.3, 0.4) is 0 Å². The number of hydrogen-bond acceptors (Lipinski definition) is 10. The molecule has 12 nitrogen and oxygen atoms in total. The first-order valence-corrected chi connectivity index (χ1v) is 18.6. The van der Waals surface area contributed by atoms with Gasteiger partial charge in [0.15, 0.2) is 0 Å². The second kappa shape index (κ2) is 17.0. The number of carbonyl (C=O) groups is 2. The van der Waals surface area contributed by atoms with Crippen molar-refractivity contribution in [1.29, 1.82) is 0 Å². The molecule has 1 fully saturated rings. The molecular formula is C40H41ClF3N5O7. The third kappa shape index (κ3) is 9.82. The minimum absolute atomic E-state index is 0.0604. The number of primary amides is 1. The number of rotatable bonds is 14. The average Bonchev–Trinajstić information content (AvgIpc) is 3.81. The van der Waals surface area contributed by atoms with E-state index in [4.69, 9.17) is 35.6 Å². The maximum Gasteiger partial charge on any atom is 0.405 e. The Morgan fingerprint density at radius 2 is 1.86 bits per heavy atom. The maximum absolute atomic E-state index is 13.2. The first kappa shape index (κ1) is 39.2. The van der Waals surface area contributed by atoms with Crippen molar-refractivity contribution in [3.8, 4) is 23.0 Å². The number of ether oxygens (including phenoxy) is 2. The number of piperazine rings is 1. The summed E-state index contributed by atoms with van der Waals surface area (Å²) in [7, 11) is 0. The fourth-order valence-electron chi connectivity index (χ4n) is 7.18. The summed E-state index contributed by atoms with van der Waals surface area (Å²) in [6, 6.07) is 20.9. The molecule has 2 aliphatic rings. The van der Waals surface area contributed by atoms with Gasteiger partial charge in [-0.15, -0.1) is 0 Å². The maximum atomic E-state index is 13.2. The van der Waals surface area contributed by atoms with Gasteiger partial charge in [0.1, 0.15) is 53.9 Å². The molecule has 0 bridgehead atoms. The second-order valence-corrected chi connectivity index (χ2v) is 14.6. The van der Waals surface area contributed by atoms with Crippen LogP contribution in [0.25, 0.3) is 22.3 Å². The van der Waals surface area contributed by atoms with E-state index in [2.05, 4.69) is 4.98 Å². The number of aromatic nitrogens is 1. The highest BCUT2D eigenvalue weighted by Crippen LogP contribution is 2.32. The molecule has 16 heteroatoms. The number of nitrogens with two attached hydrogens (primary N) is 1. The van der Waals surface area contributed by atoms with Gasteiger partial charge in [0.2, 0.25) is 17.7 Å². The Hall–Kier alpha value is -5.09. The molecule has 0 unspecified atom stereocenters. The highest BCUT2D eigenvalue weighted by Gasteiger charge is 2.37. The summed E-state index contributed by atoms with van der Waals surface area (Å²) in [6.45, 7) is -0.169. The molecule has 2 aromatic carbocycles. The lowest BCUT2D eigenvalue weighted by Crippen LogP contribution is -2.60. The summed E-state index contributed by atoms with van der Waals surface area (Å²) in [6.07, 6.45) is -3.86. The molecular weight excluding hydrogens is 755 g/mol. The average molecular weight is 796 g/mol. The van der Waals surface area contributed by atoms with Crippen LogP contribution in [-0.4, -0.2) is 95.5 Å². The van der Waals surface area contributed by atoms with E-state index >= 15 is 0 Å². The second-order valence-electron chi connectivity index (χ2n) is 14.1. The summed E-state index contributed by atoms with van der Waals surface area (Å²) in [5.74, 6) is 0.466. The van der Waals surface area contributed by atoms with Crippen LogP contribution in [0.2, 0.25) is 5.02 Å². The predicted octanol–water partition coefficient (Wildman–Crippen LogP) is 5.38. The van der Waals surface area contributed by atoms with Crippen molar-refractivity contribution in [2.45, 2.75) is 50.2 Å². The van der Waals surface area contributed by atoms with E-state index in [1.807, 2.05) is 52.7 Å². The molecule has 0 radical (unpaired) electrons. The molecule has 0 saturated carbocycles. The number of nitrogens with zero attached hydrogens (tertiary/aromatic N) is 3. The molecule has 5 heterocycles. The quantitative estimate of drug-likeness (QED) is 0.133. The van der Waals surface area contributed by atoms with Gasteiger partial charge in [0.25, 0.3) is 0 Å². The number of aliphatic hydroxyl groups is 1. The Balaban J connectivity index is 0.990. The Morgan fingerprint density at radius 1 is 1.05 bits per heavy atom. The number of furan rings is 2. The summed E-state index contributed by atoms with van der Waals surface area (Å²) in [4.78, 5) is 33.8. The first-order valence-electron chi connectivity index (χ1n) is 18.2. The van der Waals surface area contributed by atoms with Crippen LogP contribution < -0.4 is 20.5 Å². The number of aliphatic hydroxyl groups excluding tert-OH is 1. The highest BCUT2D eigenvalue weighted by atomic mass is 35.5. The van der Waals surface area contributed by atoms with Crippen molar-refractivity contribution in [2.75, 3.05) is 39.3 Å². The number of halogens is 4. The Labute approximate surface area is 325 Å². The van der Waals surface area contributed by atoms with Gasteiger partial charge in [0, 0.05) is 67.8 Å². The number of alkyl halides is 3. The van der Waals surface area contributed by atoms with Gasteiger partial charge in [-0.25, -0.2) is 4.98 Å². The first-order chi connectivity index (χ1) is 26.9. The highest BCUT2D eigenvalue weighted by molar-refractivity contribution is 6.30. The molecule has 56 heavy (non-hydrogen) atoms. The normalized spacial score (nSPS) is 18.9. The predicted molar refractivity (Wildman–Crippen MR) is 200 cm³/mol. The van der Waals surface area contributed by atoms with Gasteiger partial charge in [-0.2, -0.15) is 13.2 Å². The third-order valence-corrected chi connectivity index (χ3v) is 10.2. The summed E-state index contributed by atoms with van der Waals surface area (Å²) < 4.78 is 63.4. The topological polar surface area (TPSA) is 157 Å². The van der Waals surface area contributed by atoms with Crippen LogP contribution in [0.5, 0.6) is 11.6 Å². The van der Waals surface area contributed by atoms with Crippen LogP contribution in [-0.2, 0) is 29.0 Å². The number of para-hydroxylation sites is 1. The van der Waals surface area contributed by atoms with Gasteiger partial charge in [-0.1, -0.05) is 29.8 Å². The number of carbonyl (C=O) groups excluding carboxylic acids is 2. The van der Waals surface area contributed by atoms with Crippen molar-refractivity contribution >= 4 is 34.4 Å². The molecule has 2 aliphatic heterocycles. The van der Waals surface area contributed by atoms with Crippen LogP contribution in [0.4, 0.5) is 13.2 Å². The van der Waals surface area contributed by atoms with Gasteiger partial charge >= 0.3 is 6.18 Å². The minimum Gasteiger partial charge on any atom is -0.489 e. The molecule has 1 saturated heterocycles. The zero-order valence-corrected chi connectivity index (χ0v) is 31.0. The molecule has 7 rings (SSSR count). The lowest BCUT2D eigenvalue weighted by atomic mass is 9.95. The van der Waals surface area contributed by atoms with Gasteiger partial charge < -0.3 is 34.5 Å². The van der Waals surface area contributed by atoms with Gasteiger partial charge in [-0.3, -0.25) is 19.4 Å². The van der Waals surface area contributed by atoms with E-state index in [0.717, 1.165) is 16.9 Å². The Bertz CT molecular complexity index is 2140. The van der Waals surface area contributed by atoms with Gasteiger partial charge in [-0.05, 0) is 60.5 Å². The molecule has 5 aromatic rings.